The van der Waals surface area contributed by atoms with E-state index >= 15 is 0 Å². The number of carbonyl (C=O) groups excluding carboxylic acids is 1. The molecule has 2 aromatic heterocycles. The molecule has 0 aliphatic rings. The zero-order chi connectivity index (χ0) is 15.0. The number of nitrogens with zero attached hydrogens (tertiary/aromatic N) is 1. The molecule has 7 heteroatoms. The van der Waals surface area contributed by atoms with Crippen molar-refractivity contribution in [3.8, 4) is 0 Å². The van der Waals surface area contributed by atoms with Crippen LogP contribution in [0.5, 0.6) is 0 Å². The molecule has 0 radical (unpaired) electrons. The fourth-order valence-corrected chi connectivity index (χ4v) is 3.68. The van der Waals surface area contributed by atoms with Crippen LogP contribution in [0, 0.1) is 4.77 Å². The minimum Gasteiger partial charge on any atom is -0.550 e. The SMILES string of the molecule is O=C([O-])CCCn1c(=S)[nH]c2c(sc3ccccc32)c1=O. The van der Waals surface area contributed by atoms with Crippen molar-refractivity contribution < 1.29 is 9.90 Å². The second kappa shape index (κ2) is 5.42. The van der Waals surface area contributed by atoms with Crippen molar-refractivity contribution in [2.45, 2.75) is 19.4 Å². The lowest BCUT2D eigenvalue weighted by Crippen LogP contribution is -2.25. The Morgan fingerprint density at radius 3 is 2.90 bits per heavy atom. The first kappa shape index (κ1) is 14.0. The highest BCUT2D eigenvalue weighted by molar-refractivity contribution is 7.71. The molecular formula is C14H11N2O3S2-. The lowest BCUT2D eigenvalue weighted by atomic mass is 10.2. The van der Waals surface area contributed by atoms with E-state index in [-0.39, 0.29) is 18.5 Å². The average Bonchev–Trinajstić information content (AvgIpc) is 2.81. The van der Waals surface area contributed by atoms with Gasteiger partial charge in [-0.25, -0.2) is 0 Å². The molecule has 108 valence electrons. The van der Waals surface area contributed by atoms with E-state index in [1.54, 1.807) is 0 Å². The van der Waals surface area contributed by atoms with Gasteiger partial charge in [0, 0.05) is 22.6 Å². The Balaban J connectivity index is 2.15. The third-order valence-electron chi connectivity index (χ3n) is 3.27. The van der Waals surface area contributed by atoms with Gasteiger partial charge in [-0.3, -0.25) is 9.36 Å². The molecule has 1 N–H and O–H groups in total. The summed E-state index contributed by atoms with van der Waals surface area (Å²) in [5, 5.41) is 11.4. The molecule has 0 fully saturated rings. The Morgan fingerprint density at radius 2 is 2.14 bits per heavy atom. The number of carbonyl (C=O) groups is 1. The zero-order valence-corrected chi connectivity index (χ0v) is 12.6. The van der Waals surface area contributed by atoms with Gasteiger partial charge < -0.3 is 14.9 Å². The molecule has 21 heavy (non-hydrogen) atoms. The molecule has 3 rings (SSSR count). The first-order valence-corrected chi connectivity index (χ1v) is 7.64. The number of fused-ring (bicyclic) bond motifs is 3. The number of hydrogen-bond donors (Lipinski definition) is 1. The summed E-state index contributed by atoms with van der Waals surface area (Å²) >= 11 is 6.64. The van der Waals surface area contributed by atoms with Gasteiger partial charge >= 0.3 is 0 Å². The van der Waals surface area contributed by atoms with E-state index in [4.69, 9.17) is 12.2 Å². The molecule has 0 amide bonds. The van der Waals surface area contributed by atoms with E-state index in [9.17, 15) is 14.7 Å². The highest BCUT2D eigenvalue weighted by Crippen LogP contribution is 2.29. The van der Waals surface area contributed by atoms with Crippen molar-refractivity contribution in [2.75, 3.05) is 0 Å². The highest BCUT2D eigenvalue weighted by atomic mass is 32.1. The third kappa shape index (κ3) is 2.50. The van der Waals surface area contributed by atoms with Crippen molar-refractivity contribution in [3.05, 3.63) is 39.4 Å². The van der Waals surface area contributed by atoms with E-state index in [0.717, 1.165) is 15.6 Å². The molecule has 0 saturated heterocycles. The van der Waals surface area contributed by atoms with Crippen LogP contribution >= 0.6 is 23.6 Å². The summed E-state index contributed by atoms with van der Waals surface area (Å²) in [5.41, 5.74) is 0.579. The first-order chi connectivity index (χ1) is 10.1. The van der Waals surface area contributed by atoms with E-state index in [1.165, 1.54) is 15.9 Å². The van der Waals surface area contributed by atoms with E-state index in [0.29, 0.717) is 15.9 Å². The molecule has 0 aliphatic carbocycles. The number of aliphatic carboxylic acids is 1. The summed E-state index contributed by atoms with van der Waals surface area (Å²) in [6.07, 6.45) is 0.224. The van der Waals surface area contributed by atoms with E-state index in [1.807, 2.05) is 24.3 Å². The monoisotopic (exact) mass is 319 g/mol. The number of carboxylic acid groups (broad SMARTS) is 1. The number of benzene rings is 1. The largest absolute Gasteiger partial charge is 0.550 e. The summed E-state index contributed by atoms with van der Waals surface area (Å²) in [6.45, 7) is 0.270. The van der Waals surface area contributed by atoms with Crippen molar-refractivity contribution in [1.29, 1.82) is 0 Å². The molecule has 5 nitrogen and oxygen atoms in total. The van der Waals surface area contributed by atoms with E-state index < -0.39 is 5.97 Å². The lowest BCUT2D eigenvalue weighted by Gasteiger charge is -2.06. The number of H-pyrrole nitrogens is 1. The zero-order valence-electron chi connectivity index (χ0n) is 10.9. The Bertz CT molecular complexity index is 952. The van der Waals surface area contributed by atoms with E-state index in [2.05, 4.69) is 4.98 Å². The summed E-state index contributed by atoms with van der Waals surface area (Å²) in [6, 6.07) is 7.73. The first-order valence-electron chi connectivity index (χ1n) is 6.42. The van der Waals surface area contributed by atoms with Crippen LogP contribution in [0.1, 0.15) is 12.8 Å². The third-order valence-corrected chi connectivity index (χ3v) is 4.76. The Kier molecular flexibility index (Phi) is 3.60. The quantitative estimate of drug-likeness (QED) is 0.744. The van der Waals surface area contributed by atoms with Crippen molar-refractivity contribution in [3.63, 3.8) is 0 Å². The summed E-state index contributed by atoms with van der Waals surface area (Å²) in [5.74, 6) is -1.12. The molecule has 0 saturated carbocycles. The van der Waals surface area contributed by atoms with Crippen LogP contribution in [-0.4, -0.2) is 15.5 Å². The highest BCUT2D eigenvalue weighted by Gasteiger charge is 2.11. The van der Waals surface area contributed by atoms with Crippen LogP contribution in [0.4, 0.5) is 0 Å². The van der Waals surface area contributed by atoms with Gasteiger partial charge in [-0.15, -0.1) is 11.3 Å². The second-order valence-electron chi connectivity index (χ2n) is 4.66. The van der Waals surface area contributed by atoms with Crippen molar-refractivity contribution in [1.82, 2.24) is 9.55 Å². The van der Waals surface area contributed by atoms with Crippen LogP contribution in [0.2, 0.25) is 0 Å². The van der Waals surface area contributed by atoms with Crippen molar-refractivity contribution >= 4 is 49.8 Å². The summed E-state index contributed by atoms with van der Waals surface area (Å²) in [4.78, 5) is 26.1. The Hall–Kier alpha value is -1.99. The number of nitrogens with one attached hydrogen (secondary N) is 1. The van der Waals surface area contributed by atoms with Crippen LogP contribution in [0.15, 0.2) is 29.1 Å². The average molecular weight is 319 g/mol. The number of hydrogen-bond acceptors (Lipinski definition) is 5. The smallest absolute Gasteiger partial charge is 0.272 e. The van der Waals surface area contributed by atoms with Crippen LogP contribution in [0.25, 0.3) is 20.3 Å². The van der Waals surface area contributed by atoms with Crippen LogP contribution in [-0.2, 0) is 11.3 Å². The Morgan fingerprint density at radius 1 is 1.38 bits per heavy atom. The minimum absolute atomic E-state index is 0.0916. The molecule has 0 atom stereocenters. The molecule has 0 unspecified atom stereocenters. The van der Waals surface area contributed by atoms with Gasteiger partial charge in [0.15, 0.2) is 4.77 Å². The Labute approximate surface area is 128 Å². The van der Waals surface area contributed by atoms with Gasteiger partial charge in [0.2, 0.25) is 0 Å². The minimum atomic E-state index is -1.12. The van der Waals surface area contributed by atoms with Gasteiger partial charge in [-0.1, -0.05) is 18.2 Å². The number of rotatable bonds is 4. The van der Waals surface area contributed by atoms with Gasteiger partial charge in [0.25, 0.3) is 5.56 Å². The lowest BCUT2D eigenvalue weighted by molar-refractivity contribution is -0.305. The summed E-state index contributed by atoms with van der Waals surface area (Å²) < 4.78 is 3.35. The topological polar surface area (TPSA) is 77.9 Å². The molecule has 0 aliphatic heterocycles. The van der Waals surface area contributed by atoms with Crippen molar-refractivity contribution in [2.24, 2.45) is 0 Å². The summed E-state index contributed by atoms with van der Waals surface area (Å²) in [7, 11) is 0. The molecule has 0 bridgehead atoms. The molecule has 3 aromatic rings. The second-order valence-corrected chi connectivity index (χ2v) is 6.10. The van der Waals surface area contributed by atoms with Gasteiger partial charge in [-0.05, 0) is 31.1 Å². The maximum atomic E-state index is 12.5. The van der Waals surface area contributed by atoms with Gasteiger partial charge in [-0.2, -0.15) is 0 Å². The fourth-order valence-electron chi connectivity index (χ4n) is 2.29. The van der Waals surface area contributed by atoms with Crippen LogP contribution in [0.3, 0.4) is 0 Å². The number of thiophene rings is 1. The number of aromatic amines is 1. The standard InChI is InChI=1S/C14H12N2O3S2/c17-10(18)6-3-7-16-13(19)12-11(15-14(16)20)8-4-1-2-5-9(8)21-12/h1-2,4-5H,3,6-7H2,(H,15,20)(H,17,18)/p-1. The number of carboxylic acids is 1. The fraction of sp³-hybridized carbons (Fsp3) is 0.214. The maximum Gasteiger partial charge on any atom is 0.272 e. The van der Waals surface area contributed by atoms with Gasteiger partial charge in [0.05, 0.1) is 5.52 Å². The molecular weight excluding hydrogens is 308 g/mol. The predicted octanol–water partition coefficient (Wildman–Crippen LogP) is 1.80. The molecule has 2 heterocycles. The predicted molar refractivity (Wildman–Crippen MR) is 83.0 cm³/mol. The maximum absolute atomic E-state index is 12.5. The van der Waals surface area contributed by atoms with Gasteiger partial charge in [0.1, 0.15) is 4.70 Å². The number of aromatic nitrogens is 2. The normalized spacial score (nSPS) is 11.2. The molecule has 1 aromatic carbocycles. The molecule has 0 spiro atoms. The van der Waals surface area contributed by atoms with Crippen LogP contribution < -0.4 is 10.7 Å².